The van der Waals surface area contributed by atoms with Gasteiger partial charge in [0.05, 0.1) is 17.8 Å². The highest BCUT2D eigenvalue weighted by Gasteiger charge is 2.08. The Bertz CT molecular complexity index is 336. The molecular formula is C10H11IO3. The summed E-state index contributed by atoms with van der Waals surface area (Å²) in [5.41, 5.74) is 0.882. The van der Waals surface area contributed by atoms with E-state index in [2.05, 4.69) is 22.6 Å². The molecule has 0 aromatic heterocycles. The molecule has 0 amide bonds. The Morgan fingerprint density at radius 2 is 1.93 bits per heavy atom. The lowest BCUT2D eigenvalue weighted by Crippen LogP contribution is -1.96. The molecule has 1 rings (SSSR count). The zero-order valence-corrected chi connectivity index (χ0v) is 10.2. The third-order valence-corrected chi connectivity index (χ3v) is 2.70. The number of halogens is 1. The first-order valence-electron chi connectivity index (χ1n) is 4.07. The van der Waals surface area contributed by atoms with Crippen LogP contribution in [0.4, 0.5) is 0 Å². The minimum atomic E-state index is 0.364. The summed E-state index contributed by atoms with van der Waals surface area (Å²) >= 11 is 2.16. The van der Waals surface area contributed by atoms with E-state index in [1.807, 2.05) is 6.07 Å². The van der Waals surface area contributed by atoms with Crippen LogP contribution < -0.4 is 9.47 Å². The minimum absolute atomic E-state index is 0.364. The summed E-state index contributed by atoms with van der Waals surface area (Å²) in [5, 5.41) is 0. The average molecular weight is 306 g/mol. The minimum Gasteiger partial charge on any atom is -0.496 e. The summed E-state index contributed by atoms with van der Waals surface area (Å²) in [6, 6.07) is 3.69. The first kappa shape index (κ1) is 11.3. The molecule has 14 heavy (non-hydrogen) atoms. The summed E-state index contributed by atoms with van der Waals surface area (Å²) in [6.45, 7) is 0. The van der Waals surface area contributed by atoms with Crippen LogP contribution in [0, 0.1) is 3.57 Å². The van der Waals surface area contributed by atoms with Gasteiger partial charge in [-0.15, -0.1) is 0 Å². The number of ether oxygens (including phenoxy) is 2. The van der Waals surface area contributed by atoms with Gasteiger partial charge in [0.2, 0.25) is 0 Å². The third-order valence-electron chi connectivity index (χ3n) is 1.86. The SMILES string of the molecule is COc1cc(OC)c(CC=O)cc1I. The van der Waals surface area contributed by atoms with Crippen LogP contribution in [0.25, 0.3) is 0 Å². The predicted octanol–water partition coefficient (Wildman–Crippen LogP) is 2.05. The number of hydrogen-bond acceptors (Lipinski definition) is 3. The highest BCUT2D eigenvalue weighted by atomic mass is 127. The Morgan fingerprint density at radius 3 is 2.43 bits per heavy atom. The smallest absolute Gasteiger partial charge is 0.135 e. The van der Waals surface area contributed by atoms with Crippen molar-refractivity contribution in [2.75, 3.05) is 14.2 Å². The second-order valence-corrected chi connectivity index (χ2v) is 3.83. The number of carbonyl (C=O) groups is 1. The largest absolute Gasteiger partial charge is 0.496 e. The lowest BCUT2D eigenvalue weighted by atomic mass is 10.1. The molecule has 0 saturated carbocycles. The number of benzene rings is 1. The molecule has 0 unspecified atom stereocenters. The van der Waals surface area contributed by atoms with E-state index >= 15 is 0 Å². The molecule has 0 heterocycles. The summed E-state index contributed by atoms with van der Waals surface area (Å²) in [4.78, 5) is 10.4. The number of rotatable bonds is 4. The molecule has 0 aliphatic heterocycles. The highest BCUT2D eigenvalue weighted by molar-refractivity contribution is 14.1. The fraction of sp³-hybridized carbons (Fsp3) is 0.300. The standard InChI is InChI=1S/C10H11IO3/c1-13-9-6-10(14-2)8(11)5-7(9)3-4-12/h4-6H,3H2,1-2H3. The van der Waals surface area contributed by atoms with Gasteiger partial charge in [0.1, 0.15) is 17.8 Å². The molecule has 0 spiro atoms. The zero-order chi connectivity index (χ0) is 10.6. The zero-order valence-electron chi connectivity index (χ0n) is 8.04. The highest BCUT2D eigenvalue weighted by Crippen LogP contribution is 2.29. The molecule has 3 nitrogen and oxygen atoms in total. The maximum atomic E-state index is 10.4. The summed E-state index contributed by atoms with van der Waals surface area (Å²) in [6.07, 6.45) is 1.23. The van der Waals surface area contributed by atoms with E-state index in [1.54, 1.807) is 20.3 Å². The van der Waals surface area contributed by atoms with Gasteiger partial charge in [-0.2, -0.15) is 0 Å². The van der Waals surface area contributed by atoms with Gasteiger partial charge in [0.15, 0.2) is 0 Å². The van der Waals surface area contributed by atoms with Crippen LogP contribution in [0.5, 0.6) is 11.5 Å². The maximum absolute atomic E-state index is 10.4. The second-order valence-electron chi connectivity index (χ2n) is 2.67. The van der Waals surface area contributed by atoms with Gasteiger partial charge >= 0.3 is 0 Å². The van der Waals surface area contributed by atoms with Crippen LogP contribution in [-0.4, -0.2) is 20.5 Å². The molecule has 0 aliphatic rings. The Balaban J connectivity index is 3.16. The summed E-state index contributed by atoms with van der Waals surface area (Å²) < 4.78 is 11.3. The van der Waals surface area contributed by atoms with Crippen LogP contribution in [0.3, 0.4) is 0 Å². The Labute approximate surface area is 96.5 Å². The van der Waals surface area contributed by atoms with Crippen molar-refractivity contribution in [3.05, 3.63) is 21.3 Å². The number of carbonyl (C=O) groups excluding carboxylic acids is 1. The van der Waals surface area contributed by atoms with E-state index in [0.717, 1.165) is 21.2 Å². The van der Waals surface area contributed by atoms with E-state index in [9.17, 15) is 4.79 Å². The maximum Gasteiger partial charge on any atom is 0.135 e. The van der Waals surface area contributed by atoms with Crippen LogP contribution in [0.15, 0.2) is 12.1 Å². The van der Waals surface area contributed by atoms with Crippen LogP contribution >= 0.6 is 22.6 Å². The van der Waals surface area contributed by atoms with Crippen molar-refractivity contribution in [2.24, 2.45) is 0 Å². The van der Waals surface area contributed by atoms with E-state index in [4.69, 9.17) is 9.47 Å². The monoisotopic (exact) mass is 306 g/mol. The van der Waals surface area contributed by atoms with Gasteiger partial charge in [-0.05, 0) is 28.7 Å². The third kappa shape index (κ3) is 2.37. The second kappa shape index (κ2) is 5.19. The normalized spacial score (nSPS) is 9.64. The van der Waals surface area contributed by atoms with Crippen molar-refractivity contribution in [3.63, 3.8) is 0 Å². The van der Waals surface area contributed by atoms with Crippen molar-refractivity contribution in [1.29, 1.82) is 0 Å². The average Bonchev–Trinajstić information content (AvgIpc) is 2.19. The Hall–Kier alpha value is -0.780. The van der Waals surface area contributed by atoms with Gasteiger partial charge in [-0.1, -0.05) is 0 Å². The Kier molecular flexibility index (Phi) is 4.19. The molecule has 76 valence electrons. The van der Waals surface area contributed by atoms with Gasteiger partial charge in [-0.3, -0.25) is 0 Å². The van der Waals surface area contributed by atoms with E-state index in [-0.39, 0.29) is 0 Å². The molecule has 0 atom stereocenters. The van der Waals surface area contributed by atoms with E-state index in [0.29, 0.717) is 12.2 Å². The lowest BCUT2D eigenvalue weighted by Gasteiger charge is -2.10. The summed E-state index contributed by atoms with van der Waals surface area (Å²) in [5.74, 6) is 1.45. The van der Waals surface area contributed by atoms with Crippen LogP contribution in [-0.2, 0) is 11.2 Å². The molecule has 1 aromatic carbocycles. The predicted molar refractivity (Wildman–Crippen MR) is 62.0 cm³/mol. The first-order chi connectivity index (χ1) is 6.72. The molecule has 0 saturated heterocycles. The van der Waals surface area contributed by atoms with E-state index < -0.39 is 0 Å². The Morgan fingerprint density at radius 1 is 1.29 bits per heavy atom. The van der Waals surface area contributed by atoms with Gasteiger partial charge in [0.25, 0.3) is 0 Å². The molecule has 0 N–H and O–H groups in total. The molecule has 0 aliphatic carbocycles. The fourth-order valence-corrected chi connectivity index (χ4v) is 1.92. The number of aldehydes is 1. The first-order valence-corrected chi connectivity index (χ1v) is 5.14. The molecule has 4 heteroatoms. The lowest BCUT2D eigenvalue weighted by molar-refractivity contribution is -0.107. The van der Waals surface area contributed by atoms with Crippen molar-refractivity contribution < 1.29 is 14.3 Å². The fourth-order valence-electron chi connectivity index (χ4n) is 1.17. The number of hydrogen-bond donors (Lipinski definition) is 0. The molecule has 0 fully saturated rings. The molecule has 0 bridgehead atoms. The van der Waals surface area contributed by atoms with E-state index in [1.165, 1.54) is 0 Å². The molecule has 1 aromatic rings. The van der Waals surface area contributed by atoms with Crippen LogP contribution in [0.2, 0.25) is 0 Å². The van der Waals surface area contributed by atoms with Gasteiger partial charge in [0, 0.05) is 18.1 Å². The molecule has 0 radical (unpaired) electrons. The van der Waals surface area contributed by atoms with Crippen molar-refractivity contribution in [2.45, 2.75) is 6.42 Å². The summed E-state index contributed by atoms with van der Waals surface area (Å²) in [7, 11) is 3.19. The van der Waals surface area contributed by atoms with Crippen LogP contribution in [0.1, 0.15) is 5.56 Å². The van der Waals surface area contributed by atoms with Crippen molar-refractivity contribution >= 4 is 28.9 Å². The van der Waals surface area contributed by atoms with Crippen molar-refractivity contribution in [3.8, 4) is 11.5 Å². The quantitative estimate of drug-likeness (QED) is 0.631. The van der Waals surface area contributed by atoms with Gasteiger partial charge < -0.3 is 14.3 Å². The van der Waals surface area contributed by atoms with Crippen molar-refractivity contribution in [1.82, 2.24) is 0 Å². The topological polar surface area (TPSA) is 35.5 Å². The number of methoxy groups -OCH3 is 2. The molecular weight excluding hydrogens is 295 g/mol. The van der Waals surface area contributed by atoms with Gasteiger partial charge in [-0.25, -0.2) is 0 Å².